The number of halogens is 2. The smallest absolute Gasteiger partial charge is 0.424 e. The van der Waals surface area contributed by atoms with Crippen molar-refractivity contribution in [3.05, 3.63) is 30.3 Å². The summed E-state index contributed by atoms with van der Waals surface area (Å²) in [5, 5.41) is 0. The van der Waals surface area contributed by atoms with Crippen molar-refractivity contribution in [2.45, 2.75) is 5.44 Å². The van der Waals surface area contributed by atoms with Crippen molar-refractivity contribution < 1.29 is 13.5 Å². The van der Waals surface area contributed by atoms with Crippen molar-refractivity contribution in [3.8, 4) is 5.75 Å². The molecule has 0 aromatic heterocycles. The second kappa shape index (κ2) is 3.09. The molecule has 1 aromatic rings. The van der Waals surface area contributed by atoms with Gasteiger partial charge in [-0.2, -0.15) is 8.78 Å². The summed E-state index contributed by atoms with van der Waals surface area (Å²) in [5.74, 6) is 0.104. The van der Waals surface area contributed by atoms with Crippen molar-refractivity contribution in [1.82, 2.24) is 0 Å². The largest absolute Gasteiger partial charge is 0.450 e. The fraction of sp³-hybridized carbons (Fsp3) is 0.143. The summed E-state index contributed by atoms with van der Waals surface area (Å²) in [6, 6.07) is 7.79. The van der Waals surface area contributed by atoms with Crippen LogP contribution >= 0.6 is 12.6 Å². The molecular weight excluding hydrogens is 170 g/mol. The molecule has 0 fully saturated rings. The number of ether oxygens (including phenoxy) is 1. The molecular formula is C7H6F2OS. The molecule has 0 aliphatic rings. The third kappa shape index (κ3) is 3.23. The van der Waals surface area contributed by atoms with Crippen LogP contribution in [0.3, 0.4) is 0 Å². The Balaban J connectivity index is 2.66. The van der Waals surface area contributed by atoms with Crippen LogP contribution in [-0.2, 0) is 0 Å². The molecule has 0 unspecified atom stereocenters. The first-order valence-corrected chi connectivity index (χ1v) is 3.37. The average Bonchev–Trinajstić information content (AvgIpc) is 1.85. The Labute approximate surface area is 68.4 Å². The zero-order chi connectivity index (χ0) is 8.32. The first kappa shape index (κ1) is 8.33. The number of alkyl halides is 2. The van der Waals surface area contributed by atoms with Crippen molar-refractivity contribution in [2.24, 2.45) is 0 Å². The standard InChI is InChI=1S/C7H6F2OS/c8-7(9,11)10-6-4-2-1-3-5-6/h1-5,11H. The predicted octanol–water partition coefficient (Wildman–Crippen LogP) is 2.55. The van der Waals surface area contributed by atoms with E-state index in [1.165, 1.54) is 12.1 Å². The van der Waals surface area contributed by atoms with E-state index >= 15 is 0 Å². The molecule has 0 amide bonds. The molecule has 60 valence electrons. The average molecular weight is 176 g/mol. The maximum atomic E-state index is 12.0. The molecule has 11 heavy (non-hydrogen) atoms. The topological polar surface area (TPSA) is 9.23 Å². The molecule has 1 rings (SSSR count). The van der Waals surface area contributed by atoms with Gasteiger partial charge in [-0.15, -0.1) is 0 Å². The van der Waals surface area contributed by atoms with E-state index in [1.807, 2.05) is 0 Å². The van der Waals surface area contributed by atoms with E-state index in [9.17, 15) is 8.78 Å². The molecule has 0 saturated carbocycles. The minimum atomic E-state index is -3.40. The van der Waals surface area contributed by atoms with Crippen LogP contribution in [0, 0.1) is 0 Å². The fourth-order valence-corrected chi connectivity index (χ4v) is 0.736. The molecule has 4 heteroatoms. The Kier molecular flexibility index (Phi) is 2.34. The zero-order valence-corrected chi connectivity index (χ0v) is 6.39. The van der Waals surface area contributed by atoms with E-state index in [0.717, 1.165) is 0 Å². The number of rotatable bonds is 2. The highest BCUT2D eigenvalue weighted by Gasteiger charge is 2.24. The van der Waals surface area contributed by atoms with E-state index in [0.29, 0.717) is 0 Å². The Bertz CT molecular complexity index is 220. The Hall–Kier alpha value is -0.770. The van der Waals surface area contributed by atoms with E-state index in [2.05, 4.69) is 17.4 Å². The Morgan fingerprint density at radius 1 is 1.18 bits per heavy atom. The highest BCUT2D eigenvalue weighted by atomic mass is 32.1. The second-order valence-electron chi connectivity index (χ2n) is 1.90. The third-order valence-electron chi connectivity index (χ3n) is 0.984. The number of hydrogen-bond acceptors (Lipinski definition) is 2. The molecule has 0 saturated heterocycles. The minimum Gasteiger partial charge on any atom is -0.424 e. The molecule has 1 aromatic carbocycles. The van der Waals surface area contributed by atoms with Crippen LogP contribution in [0.15, 0.2) is 30.3 Å². The van der Waals surface area contributed by atoms with E-state index in [-0.39, 0.29) is 5.75 Å². The molecule has 0 aliphatic carbocycles. The van der Waals surface area contributed by atoms with Crippen molar-refractivity contribution >= 4 is 12.6 Å². The minimum absolute atomic E-state index is 0.104. The van der Waals surface area contributed by atoms with Gasteiger partial charge >= 0.3 is 5.44 Å². The summed E-state index contributed by atoms with van der Waals surface area (Å²) in [7, 11) is 0. The van der Waals surface area contributed by atoms with Crippen LogP contribution in [-0.4, -0.2) is 5.44 Å². The maximum absolute atomic E-state index is 12.0. The van der Waals surface area contributed by atoms with E-state index in [1.54, 1.807) is 18.2 Å². The summed E-state index contributed by atoms with van der Waals surface area (Å²) in [4.78, 5) is 0. The summed E-state index contributed by atoms with van der Waals surface area (Å²) < 4.78 is 28.2. The first-order valence-electron chi connectivity index (χ1n) is 2.92. The summed E-state index contributed by atoms with van der Waals surface area (Å²) >= 11 is 2.91. The van der Waals surface area contributed by atoms with Gasteiger partial charge in [0.25, 0.3) is 0 Å². The predicted molar refractivity (Wildman–Crippen MR) is 41.0 cm³/mol. The van der Waals surface area contributed by atoms with Crippen LogP contribution in [0.5, 0.6) is 5.75 Å². The normalized spacial score (nSPS) is 11.2. The van der Waals surface area contributed by atoms with Crippen molar-refractivity contribution in [2.75, 3.05) is 0 Å². The summed E-state index contributed by atoms with van der Waals surface area (Å²) in [6.45, 7) is 0. The van der Waals surface area contributed by atoms with Crippen LogP contribution in [0.25, 0.3) is 0 Å². The van der Waals surface area contributed by atoms with Gasteiger partial charge in [0.2, 0.25) is 0 Å². The summed E-state index contributed by atoms with van der Waals surface area (Å²) in [6.07, 6.45) is 0. The van der Waals surface area contributed by atoms with Crippen molar-refractivity contribution in [1.29, 1.82) is 0 Å². The SMILES string of the molecule is FC(F)(S)Oc1ccccc1. The highest BCUT2D eigenvalue weighted by molar-refractivity contribution is 7.81. The van der Waals surface area contributed by atoms with Crippen LogP contribution in [0.1, 0.15) is 0 Å². The first-order chi connectivity index (χ1) is 5.08. The number of thiol groups is 1. The van der Waals surface area contributed by atoms with Gasteiger partial charge < -0.3 is 4.74 Å². The lowest BCUT2D eigenvalue weighted by Gasteiger charge is -2.10. The van der Waals surface area contributed by atoms with Gasteiger partial charge in [0.05, 0.1) is 0 Å². The molecule has 0 spiro atoms. The van der Waals surface area contributed by atoms with Gasteiger partial charge in [0, 0.05) is 0 Å². The van der Waals surface area contributed by atoms with Gasteiger partial charge in [-0.25, -0.2) is 0 Å². The van der Waals surface area contributed by atoms with Gasteiger partial charge in [0.1, 0.15) is 5.75 Å². The quantitative estimate of drug-likeness (QED) is 0.538. The number of para-hydroxylation sites is 1. The molecule has 0 heterocycles. The van der Waals surface area contributed by atoms with E-state index in [4.69, 9.17) is 0 Å². The summed E-state index contributed by atoms with van der Waals surface area (Å²) in [5.41, 5.74) is -3.40. The van der Waals surface area contributed by atoms with Gasteiger partial charge in [-0.05, 0) is 12.1 Å². The van der Waals surface area contributed by atoms with Crippen LogP contribution < -0.4 is 4.74 Å². The second-order valence-corrected chi connectivity index (χ2v) is 2.42. The molecule has 0 atom stereocenters. The molecule has 0 bridgehead atoms. The number of hydrogen-bond donors (Lipinski definition) is 1. The maximum Gasteiger partial charge on any atom is 0.450 e. The fourth-order valence-electron chi connectivity index (χ4n) is 0.630. The number of benzene rings is 1. The molecule has 0 radical (unpaired) electrons. The lowest BCUT2D eigenvalue weighted by molar-refractivity contribution is -0.0857. The van der Waals surface area contributed by atoms with Gasteiger partial charge in [-0.1, -0.05) is 30.8 Å². The van der Waals surface area contributed by atoms with E-state index < -0.39 is 5.44 Å². The zero-order valence-electron chi connectivity index (χ0n) is 5.50. The van der Waals surface area contributed by atoms with Gasteiger partial charge in [0.15, 0.2) is 0 Å². The van der Waals surface area contributed by atoms with Crippen molar-refractivity contribution in [3.63, 3.8) is 0 Å². The van der Waals surface area contributed by atoms with Crippen LogP contribution in [0.2, 0.25) is 0 Å². The van der Waals surface area contributed by atoms with Crippen LogP contribution in [0.4, 0.5) is 8.78 Å². The Morgan fingerprint density at radius 2 is 1.73 bits per heavy atom. The third-order valence-corrected chi connectivity index (χ3v) is 1.08. The monoisotopic (exact) mass is 176 g/mol. The van der Waals surface area contributed by atoms with Gasteiger partial charge in [-0.3, -0.25) is 0 Å². The molecule has 0 aliphatic heterocycles. The lowest BCUT2D eigenvalue weighted by Crippen LogP contribution is -2.15. The highest BCUT2D eigenvalue weighted by Crippen LogP contribution is 2.23. The lowest BCUT2D eigenvalue weighted by atomic mass is 10.3. The molecule has 0 N–H and O–H groups in total. The Morgan fingerprint density at radius 3 is 2.18 bits per heavy atom. The molecule has 1 nitrogen and oxygen atoms in total.